The lowest BCUT2D eigenvalue weighted by atomic mass is 10.1. The Bertz CT molecular complexity index is 774. The van der Waals surface area contributed by atoms with Crippen molar-refractivity contribution >= 4 is 27.8 Å². The van der Waals surface area contributed by atoms with Crippen LogP contribution < -0.4 is 0 Å². The first-order chi connectivity index (χ1) is 9.26. The molecule has 4 nitrogen and oxygen atoms in total. The van der Waals surface area contributed by atoms with Gasteiger partial charge < -0.3 is 9.30 Å². The number of fused-ring (bicyclic) bond motifs is 3. The Morgan fingerprint density at radius 2 is 2.05 bits per heavy atom. The second-order valence-electron chi connectivity index (χ2n) is 4.36. The van der Waals surface area contributed by atoms with Crippen molar-refractivity contribution < 1.29 is 9.53 Å². The number of rotatable bonds is 2. The molecular formula is C15H14N2O2. The standard InChI is InChI=1S/C15H14N2O2/c1-3-17-13-8-10(15(18)19-2)4-5-11(13)12-6-7-16-9-14(12)17/h4-9H,3H2,1-2H3. The number of ether oxygens (including phenoxy) is 1. The van der Waals surface area contributed by atoms with Crippen molar-refractivity contribution in [2.45, 2.75) is 13.5 Å². The van der Waals surface area contributed by atoms with Gasteiger partial charge >= 0.3 is 5.97 Å². The Labute approximate surface area is 110 Å². The highest BCUT2D eigenvalue weighted by Crippen LogP contribution is 2.29. The summed E-state index contributed by atoms with van der Waals surface area (Å²) >= 11 is 0. The monoisotopic (exact) mass is 254 g/mol. The predicted molar refractivity (Wildman–Crippen MR) is 74.3 cm³/mol. The molecule has 0 fully saturated rings. The minimum absolute atomic E-state index is 0.312. The van der Waals surface area contributed by atoms with Gasteiger partial charge in [-0.3, -0.25) is 4.98 Å². The van der Waals surface area contributed by atoms with E-state index in [1.54, 1.807) is 12.3 Å². The van der Waals surface area contributed by atoms with Crippen LogP contribution in [-0.2, 0) is 11.3 Å². The van der Waals surface area contributed by atoms with Gasteiger partial charge in [0.25, 0.3) is 0 Å². The molecule has 0 N–H and O–H groups in total. The lowest BCUT2D eigenvalue weighted by molar-refractivity contribution is 0.0601. The average molecular weight is 254 g/mol. The van der Waals surface area contributed by atoms with E-state index in [0.29, 0.717) is 5.56 Å². The molecule has 4 heteroatoms. The minimum atomic E-state index is -0.312. The molecule has 19 heavy (non-hydrogen) atoms. The molecule has 2 heterocycles. The van der Waals surface area contributed by atoms with Crippen molar-refractivity contribution in [3.63, 3.8) is 0 Å². The highest BCUT2D eigenvalue weighted by molar-refractivity contribution is 6.09. The van der Waals surface area contributed by atoms with Crippen LogP contribution in [0.2, 0.25) is 0 Å². The fourth-order valence-electron chi connectivity index (χ4n) is 2.53. The molecule has 3 aromatic rings. The van der Waals surface area contributed by atoms with E-state index < -0.39 is 0 Å². The number of pyridine rings is 1. The number of carbonyl (C=O) groups excluding carboxylic acids is 1. The Kier molecular flexibility index (Phi) is 2.71. The number of aryl methyl sites for hydroxylation is 1. The molecule has 0 saturated heterocycles. The Balaban J connectivity index is 2.39. The fraction of sp³-hybridized carbons (Fsp3) is 0.200. The lowest BCUT2D eigenvalue weighted by Gasteiger charge is -2.04. The van der Waals surface area contributed by atoms with Gasteiger partial charge in [0.2, 0.25) is 0 Å². The van der Waals surface area contributed by atoms with Crippen LogP contribution in [0.25, 0.3) is 21.8 Å². The molecule has 0 aliphatic carbocycles. The van der Waals surface area contributed by atoms with Gasteiger partial charge in [-0.15, -0.1) is 0 Å². The second kappa shape index (κ2) is 4.39. The zero-order chi connectivity index (χ0) is 13.4. The van der Waals surface area contributed by atoms with Crippen LogP contribution in [0.4, 0.5) is 0 Å². The first kappa shape index (κ1) is 11.7. The summed E-state index contributed by atoms with van der Waals surface area (Å²) in [6.45, 7) is 2.91. The SMILES string of the molecule is CCn1c2cnccc2c2ccc(C(=O)OC)cc21. The van der Waals surface area contributed by atoms with E-state index in [2.05, 4.69) is 16.5 Å². The quantitative estimate of drug-likeness (QED) is 0.660. The van der Waals surface area contributed by atoms with E-state index in [4.69, 9.17) is 4.74 Å². The average Bonchev–Trinajstić information content (AvgIpc) is 2.79. The van der Waals surface area contributed by atoms with Gasteiger partial charge in [-0.2, -0.15) is 0 Å². The third kappa shape index (κ3) is 1.68. The fourth-order valence-corrected chi connectivity index (χ4v) is 2.53. The van der Waals surface area contributed by atoms with Gasteiger partial charge in [0.15, 0.2) is 0 Å². The molecule has 0 radical (unpaired) electrons. The maximum absolute atomic E-state index is 11.6. The topological polar surface area (TPSA) is 44.1 Å². The molecule has 0 unspecified atom stereocenters. The van der Waals surface area contributed by atoms with Crippen molar-refractivity contribution in [3.8, 4) is 0 Å². The van der Waals surface area contributed by atoms with E-state index in [0.717, 1.165) is 28.4 Å². The van der Waals surface area contributed by atoms with Gasteiger partial charge in [-0.25, -0.2) is 4.79 Å². The van der Waals surface area contributed by atoms with E-state index in [1.165, 1.54) is 7.11 Å². The minimum Gasteiger partial charge on any atom is -0.465 e. The predicted octanol–water partition coefficient (Wildman–Crippen LogP) is 3.00. The van der Waals surface area contributed by atoms with Crippen LogP contribution >= 0.6 is 0 Å². The molecule has 0 amide bonds. The molecule has 0 bridgehead atoms. The van der Waals surface area contributed by atoms with E-state index in [-0.39, 0.29) is 5.97 Å². The number of aromatic nitrogens is 2. The van der Waals surface area contributed by atoms with Crippen molar-refractivity contribution in [1.82, 2.24) is 9.55 Å². The van der Waals surface area contributed by atoms with E-state index in [1.807, 2.05) is 24.4 Å². The van der Waals surface area contributed by atoms with E-state index >= 15 is 0 Å². The van der Waals surface area contributed by atoms with Crippen LogP contribution in [0.15, 0.2) is 36.7 Å². The molecule has 0 atom stereocenters. The number of nitrogens with zero attached hydrogens (tertiary/aromatic N) is 2. The van der Waals surface area contributed by atoms with Crippen LogP contribution in [0.1, 0.15) is 17.3 Å². The Morgan fingerprint density at radius 3 is 2.79 bits per heavy atom. The summed E-state index contributed by atoms with van der Waals surface area (Å²) in [4.78, 5) is 15.8. The summed E-state index contributed by atoms with van der Waals surface area (Å²) in [5.74, 6) is -0.312. The third-order valence-electron chi connectivity index (χ3n) is 3.41. The molecule has 0 spiro atoms. The summed E-state index contributed by atoms with van der Waals surface area (Å²) in [6.07, 6.45) is 3.65. The molecule has 0 saturated carbocycles. The first-order valence-corrected chi connectivity index (χ1v) is 6.20. The highest BCUT2D eigenvalue weighted by atomic mass is 16.5. The van der Waals surface area contributed by atoms with Gasteiger partial charge in [0, 0.05) is 29.0 Å². The third-order valence-corrected chi connectivity index (χ3v) is 3.41. The summed E-state index contributed by atoms with van der Waals surface area (Å²) in [6, 6.07) is 7.65. The van der Waals surface area contributed by atoms with Crippen LogP contribution in [-0.4, -0.2) is 22.6 Å². The summed E-state index contributed by atoms with van der Waals surface area (Å²) in [5, 5.41) is 2.29. The molecule has 0 aliphatic heterocycles. The number of hydrogen-bond acceptors (Lipinski definition) is 3. The van der Waals surface area contributed by atoms with Crippen LogP contribution in [0.5, 0.6) is 0 Å². The first-order valence-electron chi connectivity index (χ1n) is 6.20. The molecule has 0 aliphatic rings. The number of carbonyl (C=O) groups is 1. The molecular weight excluding hydrogens is 240 g/mol. The summed E-state index contributed by atoms with van der Waals surface area (Å²) < 4.78 is 6.93. The van der Waals surface area contributed by atoms with Crippen molar-refractivity contribution in [1.29, 1.82) is 0 Å². The van der Waals surface area contributed by atoms with Gasteiger partial charge in [-0.1, -0.05) is 6.07 Å². The van der Waals surface area contributed by atoms with Crippen LogP contribution in [0, 0.1) is 0 Å². The normalized spacial score (nSPS) is 11.1. The summed E-state index contributed by atoms with van der Waals surface area (Å²) in [7, 11) is 1.39. The van der Waals surface area contributed by atoms with Crippen molar-refractivity contribution in [2.75, 3.05) is 7.11 Å². The van der Waals surface area contributed by atoms with Gasteiger partial charge in [0.1, 0.15) is 0 Å². The summed E-state index contributed by atoms with van der Waals surface area (Å²) in [5.41, 5.74) is 2.69. The zero-order valence-electron chi connectivity index (χ0n) is 10.9. The number of benzene rings is 1. The molecule has 3 rings (SSSR count). The van der Waals surface area contributed by atoms with Gasteiger partial charge in [0.05, 0.1) is 24.4 Å². The smallest absolute Gasteiger partial charge is 0.337 e. The lowest BCUT2D eigenvalue weighted by Crippen LogP contribution is -2.01. The number of esters is 1. The second-order valence-corrected chi connectivity index (χ2v) is 4.36. The molecule has 1 aromatic carbocycles. The van der Waals surface area contributed by atoms with Gasteiger partial charge in [-0.05, 0) is 25.1 Å². The Morgan fingerprint density at radius 1 is 1.26 bits per heavy atom. The number of methoxy groups -OCH3 is 1. The van der Waals surface area contributed by atoms with Crippen molar-refractivity contribution in [2.24, 2.45) is 0 Å². The highest BCUT2D eigenvalue weighted by Gasteiger charge is 2.12. The maximum atomic E-state index is 11.6. The molecule has 2 aromatic heterocycles. The largest absolute Gasteiger partial charge is 0.465 e. The number of hydrogen-bond donors (Lipinski definition) is 0. The van der Waals surface area contributed by atoms with E-state index in [9.17, 15) is 4.79 Å². The Hall–Kier alpha value is -2.36. The maximum Gasteiger partial charge on any atom is 0.337 e. The molecule has 96 valence electrons. The van der Waals surface area contributed by atoms with Crippen molar-refractivity contribution in [3.05, 3.63) is 42.2 Å². The van der Waals surface area contributed by atoms with Crippen LogP contribution in [0.3, 0.4) is 0 Å². The zero-order valence-corrected chi connectivity index (χ0v) is 10.9.